The molecule has 1 aromatic heterocycles. The van der Waals surface area contributed by atoms with E-state index in [0.717, 1.165) is 11.3 Å². The predicted octanol–water partition coefficient (Wildman–Crippen LogP) is 2.61. The van der Waals surface area contributed by atoms with Gasteiger partial charge in [-0.1, -0.05) is 18.7 Å². The topological polar surface area (TPSA) is 24.9 Å². The molecule has 1 N–H and O–H groups in total. The molecular weight excluding hydrogens is 184 g/mol. The summed E-state index contributed by atoms with van der Waals surface area (Å²) in [7, 11) is 0. The first kappa shape index (κ1) is 9.71. The van der Waals surface area contributed by atoms with Crippen molar-refractivity contribution in [1.82, 2.24) is 10.3 Å². The fourth-order valence-electron chi connectivity index (χ4n) is 1.63. The maximum atomic E-state index is 4.30. The Morgan fingerprint density at radius 2 is 2.33 bits per heavy atom. The molecule has 15 heavy (non-hydrogen) atoms. The SMILES string of the molecule is C=Cc1ccc(C2=CC=CNC2C)cn1. The normalized spacial score (nSPS) is 19.3. The van der Waals surface area contributed by atoms with Crippen LogP contribution in [0.25, 0.3) is 11.6 Å². The van der Waals surface area contributed by atoms with E-state index < -0.39 is 0 Å². The van der Waals surface area contributed by atoms with Crippen LogP contribution in [0.1, 0.15) is 18.2 Å². The monoisotopic (exact) mass is 198 g/mol. The maximum absolute atomic E-state index is 4.30. The molecular formula is C13H14N2. The van der Waals surface area contributed by atoms with Crippen LogP contribution in [-0.2, 0) is 0 Å². The number of aromatic nitrogens is 1. The Labute approximate surface area is 90.0 Å². The molecule has 1 aliphatic rings. The van der Waals surface area contributed by atoms with Crippen molar-refractivity contribution in [3.05, 3.63) is 54.5 Å². The van der Waals surface area contributed by atoms with E-state index in [2.05, 4.69) is 35.9 Å². The molecule has 0 bridgehead atoms. The van der Waals surface area contributed by atoms with Crippen LogP contribution in [-0.4, -0.2) is 11.0 Å². The predicted molar refractivity (Wildman–Crippen MR) is 64.0 cm³/mol. The molecule has 0 aliphatic carbocycles. The van der Waals surface area contributed by atoms with E-state index in [1.165, 1.54) is 5.57 Å². The van der Waals surface area contributed by atoms with Gasteiger partial charge in [0.05, 0.1) is 5.69 Å². The fourth-order valence-corrected chi connectivity index (χ4v) is 1.63. The Morgan fingerprint density at radius 3 is 2.93 bits per heavy atom. The van der Waals surface area contributed by atoms with Crippen LogP contribution in [0.5, 0.6) is 0 Å². The minimum absolute atomic E-state index is 0.339. The first-order valence-electron chi connectivity index (χ1n) is 5.03. The Kier molecular flexibility index (Phi) is 2.68. The lowest BCUT2D eigenvalue weighted by atomic mass is 9.99. The second-order valence-corrected chi connectivity index (χ2v) is 3.55. The summed E-state index contributed by atoms with van der Waals surface area (Å²) in [6.07, 6.45) is 9.73. The fraction of sp³-hybridized carbons (Fsp3) is 0.154. The molecule has 76 valence electrons. The molecule has 0 radical (unpaired) electrons. The summed E-state index contributed by atoms with van der Waals surface area (Å²) in [5, 5.41) is 3.26. The van der Waals surface area contributed by atoms with Gasteiger partial charge in [0.25, 0.3) is 0 Å². The number of dihydropyridines is 1. The molecule has 2 nitrogen and oxygen atoms in total. The molecule has 2 heterocycles. The molecule has 1 atom stereocenters. The highest BCUT2D eigenvalue weighted by atomic mass is 14.9. The molecule has 0 amide bonds. The lowest BCUT2D eigenvalue weighted by molar-refractivity contribution is 0.778. The lowest BCUT2D eigenvalue weighted by Crippen LogP contribution is -2.24. The minimum atomic E-state index is 0.339. The third-order valence-electron chi connectivity index (χ3n) is 2.51. The average Bonchev–Trinajstić information content (AvgIpc) is 2.30. The van der Waals surface area contributed by atoms with Crippen LogP contribution >= 0.6 is 0 Å². The van der Waals surface area contributed by atoms with E-state index in [4.69, 9.17) is 0 Å². The molecule has 1 aliphatic heterocycles. The van der Waals surface area contributed by atoms with E-state index in [0.29, 0.717) is 6.04 Å². The Hall–Kier alpha value is -1.83. The van der Waals surface area contributed by atoms with Gasteiger partial charge < -0.3 is 5.32 Å². The standard InChI is InChI=1S/C13H14N2/c1-3-12-7-6-11(9-15-12)13-5-4-8-14-10(13)2/h3-10,14H,1H2,2H3. The Morgan fingerprint density at radius 1 is 1.47 bits per heavy atom. The third kappa shape index (κ3) is 1.99. The smallest absolute Gasteiger partial charge is 0.0624 e. The third-order valence-corrected chi connectivity index (χ3v) is 2.51. The van der Waals surface area contributed by atoms with Gasteiger partial charge in [-0.2, -0.15) is 0 Å². The van der Waals surface area contributed by atoms with Crippen LogP contribution in [0.15, 0.2) is 43.3 Å². The summed E-state index contributed by atoms with van der Waals surface area (Å²) < 4.78 is 0. The van der Waals surface area contributed by atoms with Crippen molar-refractivity contribution in [1.29, 1.82) is 0 Å². The van der Waals surface area contributed by atoms with Gasteiger partial charge in [0.1, 0.15) is 0 Å². The van der Waals surface area contributed by atoms with Gasteiger partial charge in [-0.25, -0.2) is 0 Å². The summed E-state index contributed by atoms with van der Waals surface area (Å²) in [5.74, 6) is 0. The van der Waals surface area contributed by atoms with Crippen molar-refractivity contribution < 1.29 is 0 Å². The molecule has 2 heteroatoms. The van der Waals surface area contributed by atoms with Crippen LogP contribution in [0.2, 0.25) is 0 Å². The summed E-state index contributed by atoms with van der Waals surface area (Å²) >= 11 is 0. The second-order valence-electron chi connectivity index (χ2n) is 3.55. The van der Waals surface area contributed by atoms with Crippen molar-refractivity contribution >= 4 is 11.6 Å². The van der Waals surface area contributed by atoms with Crippen molar-refractivity contribution in [2.24, 2.45) is 0 Å². The zero-order valence-corrected chi connectivity index (χ0v) is 8.77. The van der Waals surface area contributed by atoms with Crippen molar-refractivity contribution in [3.63, 3.8) is 0 Å². The second kappa shape index (κ2) is 4.13. The lowest BCUT2D eigenvalue weighted by Gasteiger charge is -2.19. The summed E-state index contributed by atoms with van der Waals surface area (Å²) in [6, 6.07) is 4.40. The first-order valence-corrected chi connectivity index (χ1v) is 5.03. The first-order chi connectivity index (χ1) is 7.31. The minimum Gasteiger partial charge on any atom is -0.384 e. The highest BCUT2D eigenvalue weighted by Crippen LogP contribution is 2.20. The van der Waals surface area contributed by atoms with Crippen molar-refractivity contribution in [2.45, 2.75) is 13.0 Å². The van der Waals surface area contributed by atoms with Crippen LogP contribution in [0.4, 0.5) is 0 Å². The van der Waals surface area contributed by atoms with E-state index in [1.807, 2.05) is 24.5 Å². The number of nitrogens with one attached hydrogen (secondary N) is 1. The molecule has 1 unspecified atom stereocenters. The number of nitrogens with zero attached hydrogens (tertiary/aromatic N) is 1. The molecule has 2 rings (SSSR count). The highest BCUT2D eigenvalue weighted by molar-refractivity contribution is 5.71. The van der Waals surface area contributed by atoms with Crippen LogP contribution in [0.3, 0.4) is 0 Å². The quantitative estimate of drug-likeness (QED) is 0.790. The summed E-state index contributed by atoms with van der Waals surface area (Å²) in [5.41, 5.74) is 3.33. The van der Waals surface area contributed by atoms with Gasteiger partial charge in [-0.3, -0.25) is 4.98 Å². The molecule has 0 saturated carbocycles. The summed E-state index contributed by atoms with van der Waals surface area (Å²) in [6.45, 7) is 5.82. The van der Waals surface area contributed by atoms with Gasteiger partial charge in [0.2, 0.25) is 0 Å². The summed E-state index contributed by atoms with van der Waals surface area (Å²) in [4.78, 5) is 4.30. The van der Waals surface area contributed by atoms with Gasteiger partial charge in [-0.05, 0) is 42.5 Å². The van der Waals surface area contributed by atoms with Gasteiger partial charge >= 0.3 is 0 Å². The van der Waals surface area contributed by atoms with Crippen molar-refractivity contribution in [2.75, 3.05) is 0 Å². The highest BCUT2D eigenvalue weighted by Gasteiger charge is 2.10. The maximum Gasteiger partial charge on any atom is 0.0624 e. The Balaban J connectivity index is 2.32. The van der Waals surface area contributed by atoms with E-state index in [-0.39, 0.29) is 0 Å². The van der Waals surface area contributed by atoms with E-state index in [9.17, 15) is 0 Å². The van der Waals surface area contributed by atoms with Crippen molar-refractivity contribution in [3.8, 4) is 0 Å². The number of hydrogen-bond donors (Lipinski definition) is 1. The zero-order valence-electron chi connectivity index (χ0n) is 8.77. The number of allylic oxidation sites excluding steroid dienone is 2. The number of hydrogen-bond acceptors (Lipinski definition) is 2. The average molecular weight is 198 g/mol. The molecule has 0 spiro atoms. The number of pyridine rings is 1. The zero-order chi connectivity index (χ0) is 10.7. The van der Waals surface area contributed by atoms with Gasteiger partial charge in [0, 0.05) is 12.2 Å². The van der Waals surface area contributed by atoms with Gasteiger partial charge in [-0.15, -0.1) is 0 Å². The number of rotatable bonds is 2. The molecule has 0 fully saturated rings. The van der Waals surface area contributed by atoms with Gasteiger partial charge in [0.15, 0.2) is 0 Å². The van der Waals surface area contributed by atoms with E-state index in [1.54, 1.807) is 6.08 Å². The Bertz CT molecular complexity index is 413. The van der Waals surface area contributed by atoms with Crippen LogP contribution < -0.4 is 5.32 Å². The molecule has 0 aromatic carbocycles. The molecule has 1 aromatic rings. The molecule has 0 saturated heterocycles. The largest absolute Gasteiger partial charge is 0.384 e. The van der Waals surface area contributed by atoms with E-state index >= 15 is 0 Å². The van der Waals surface area contributed by atoms with Crippen LogP contribution in [0, 0.1) is 0 Å².